The summed E-state index contributed by atoms with van der Waals surface area (Å²) in [5.74, 6) is 0.392. The summed E-state index contributed by atoms with van der Waals surface area (Å²) in [6.07, 6.45) is 0.277. The molecule has 0 aliphatic heterocycles. The molecule has 0 fully saturated rings. The number of hydrogen-bond acceptors (Lipinski definition) is 5. The minimum atomic E-state index is -3.80. The number of nitrogens with one attached hydrogen (secondary N) is 2. The number of rotatable bonds is 9. The molecule has 1 amide bonds. The van der Waals surface area contributed by atoms with E-state index in [1.165, 1.54) is 24.3 Å². The molecule has 8 heteroatoms. The van der Waals surface area contributed by atoms with Gasteiger partial charge in [-0.2, -0.15) is 0 Å². The fourth-order valence-corrected chi connectivity index (χ4v) is 3.75. The van der Waals surface area contributed by atoms with Crippen LogP contribution in [-0.4, -0.2) is 38.7 Å². The molecule has 0 unspecified atom stereocenters. The molecule has 2 aromatic rings. The zero-order valence-corrected chi connectivity index (χ0v) is 17.9. The van der Waals surface area contributed by atoms with Crippen LogP contribution in [0, 0.1) is 5.92 Å². The molecule has 0 saturated carbocycles. The van der Waals surface area contributed by atoms with Crippen LogP contribution in [0.25, 0.3) is 0 Å². The molecule has 3 N–H and O–H groups in total. The second-order valence-electron chi connectivity index (χ2n) is 7.51. The van der Waals surface area contributed by atoms with Crippen molar-refractivity contribution in [3.63, 3.8) is 0 Å². The van der Waals surface area contributed by atoms with E-state index in [2.05, 4.69) is 10.0 Å². The van der Waals surface area contributed by atoms with E-state index in [9.17, 15) is 18.3 Å². The lowest BCUT2D eigenvalue weighted by Crippen LogP contribution is -2.42. The highest BCUT2D eigenvalue weighted by atomic mass is 32.2. The van der Waals surface area contributed by atoms with Crippen LogP contribution in [-0.2, 0) is 21.2 Å². The predicted octanol–water partition coefficient (Wildman–Crippen LogP) is 2.56. The van der Waals surface area contributed by atoms with Gasteiger partial charge in [0.05, 0.1) is 17.6 Å². The summed E-state index contributed by atoms with van der Waals surface area (Å²) in [6.45, 7) is 4.98. The molecule has 0 heterocycles. The molecule has 0 aliphatic rings. The van der Waals surface area contributed by atoms with Gasteiger partial charge in [-0.25, -0.2) is 13.1 Å². The van der Waals surface area contributed by atoms with Gasteiger partial charge in [-0.15, -0.1) is 0 Å². The fourth-order valence-electron chi connectivity index (χ4n) is 2.58. The zero-order valence-electron chi connectivity index (χ0n) is 17.1. The quantitative estimate of drug-likeness (QED) is 0.578. The Balaban J connectivity index is 1.99. The van der Waals surface area contributed by atoms with Crippen molar-refractivity contribution in [3.05, 3.63) is 54.1 Å². The zero-order chi connectivity index (χ0) is 21.7. The Morgan fingerprint density at radius 1 is 1.10 bits per heavy atom. The van der Waals surface area contributed by atoms with E-state index in [4.69, 9.17) is 4.74 Å². The second-order valence-corrected chi connectivity index (χ2v) is 9.28. The topological polar surface area (TPSA) is 105 Å². The molecule has 158 valence electrons. The van der Waals surface area contributed by atoms with E-state index in [1.807, 2.05) is 12.1 Å². The van der Waals surface area contributed by atoms with Crippen molar-refractivity contribution in [3.8, 4) is 5.75 Å². The van der Waals surface area contributed by atoms with Gasteiger partial charge in [-0.05, 0) is 48.9 Å². The van der Waals surface area contributed by atoms with Gasteiger partial charge >= 0.3 is 0 Å². The Hall–Kier alpha value is -2.42. The lowest BCUT2D eigenvalue weighted by molar-refractivity contribution is -0.118. The van der Waals surface area contributed by atoms with Crippen LogP contribution in [0.2, 0.25) is 0 Å². The first-order valence-corrected chi connectivity index (χ1v) is 10.8. The number of ether oxygens (including phenoxy) is 1. The molecule has 2 aromatic carbocycles. The Morgan fingerprint density at radius 2 is 1.69 bits per heavy atom. The average Bonchev–Trinajstić information content (AvgIpc) is 2.67. The normalized spacial score (nSPS) is 13.7. The Morgan fingerprint density at radius 3 is 2.21 bits per heavy atom. The summed E-state index contributed by atoms with van der Waals surface area (Å²) >= 11 is 0. The maximum atomic E-state index is 12.5. The lowest BCUT2D eigenvalue weighted by atomic mass is 9.97. The Bertz CT molecular complexity index is 921. The van der Waals surface area contributed by atoms with Crippen LogP contribution in [0.3, 0.4) is 0 Å². The fraction of sp³-hybridized carbons (Fsp3) is 0.381. The van der Waals surface area contributed by atoms with E-state index in [0.29, 0.717) is 11.4 Å². The largest absolute Gasteiger partial charge is 0.497 e. The highest BCUT2D eigenvalue weighted by Crippen LogP contribution is 2.18. The minimum absolute atomic E-state index is 0.0558. The van der Waals surface area contributed by atoms with E-state index in [0.717, 1.165) is 5.56 Å². The SMILES string of the molecule is COc1ccc(C[C@](C)(O)CNS(=O)(=O)c2ccc(NC(=O)C(C)C)cc2)cc1. The number of carbonyl (C=O) groups excluding carboxylic acids is 1. The van der Waals surface area contributed by atoms with Gasteiger partial charge in [-0.3, -0.25) is 4.79 Å². The van der Waals surface area contributed by atoms with Crippen molar-refractivity contribution in [2.75, 3.05) is 19.0 Å². The number of sulfonamides is 1. The standard InChI is InChI=1S/C21H28N2O5S/c1-15(2)20(24)23-17-7-11-19(12-8-17)29(26,27)22-14-21(3,25)13-16-5-9-18(28-4)10-6-16/h5-12,15,22,25H,13-14H2,1-4H3,(H,23,24)/t21-/m0/s1. The number of aliphatic hydroxyl groups is 1. The third-order valence-corrected chi connectivity index (χ3v) is 5.76. The molecular weight excluding hydrogens is 392 g/mol. The van der Waals surface area contributed by atoms with Crippen molar-refractivity contribution >= 4 is 21.6 Å². The van der Waals surface area contributed by atoms with E-state index >= 15 is 0 Å². The summed E-state index contributed by atoms with van der Waals surface area (Å²) in [6, 6.07) is 13.1. The van der Waals surface area contributed by atoms with Crippen LogP contribution < -0.4 is 14.8 Å². The Kier molecular flexibility index (Phi) is 7.40. The molecule has 0 aliphatic carbocycles. The molecule has 1 atom stereocenters. The summed E-state index contributed by atoms with van der Waals surface area (Å²) < 4.78 is 32.6. The number of methoxy groups -OCH3 is 1. The van der Waals surface area contributed by atoms with E-state index in [1.54, 1.807) is 40.0 Å². The van der Waals surface area contributed by atoms with Crippen LogP contribution in [0.1, 0.15) is 26.3 Å². The highest BCUT2D eigenvalue weighted by Gasteiger charge is 2.25. The summed E-state index contributed by atoms with van der Waals surface area (Å²) in [4.78, 5) is 11.8. The van der Waals surface area contributed by atoms with Crippen LogP contribution in [0.5, 0.6) is 5.75 Å². The van der Waals surface area contributed by atoms with Crippen molar-refractivity contribution in [2.45, 2.75) is 37.7 Å². The maximum Gasteiger partial charge on any atom is 0.240 e. The molecule has 0 spiro atoms. The second kappa shape index (κ2) is 9.39. The first kappa shape index (κ1) is 22.9. The average molecular weight is 421 g/mol. The number of hydrogen-bond donors (Lipinski definition) is 3. The summed E-state index contributed by atoms with van der Waals surface area (Å²) in [7, 11) is -2.23. The summed E-state index contributed by atoms with van der Waals surface area (Å²) in [5, 5.41) is 13.3. The van der Waals surface area contributed by atoms with Crippen LogP contribution >= 0.6 is 0 Å². The third-order valence-electron chi connectivity index (χ3n) is 4.34. The minimum Gasteiger partial charge on any atom is -0.497 e. The monoisotopic (exact) mass is 420 g/mol. The van der Waals surface area contributed by atoms with Crippen molar-refractivity contribution in [2.24, 2.45) is 5.92 Å². The number of benzene rings is 2. The highest BCUT2D eigenvalue weighted by molar-refractivity contribution is 7.89. The lowest BCUT2D eigenvalue weighted by Gasteiger charge is -2.24. The predicted molar refractivity (Wildman–Crippen MR) is 112 cm³/mol. The summed E-state index contributed by atoms with van der Waals surface area (Å²) in [5.41, 5.74) is 0.113. The molecular formula is C21H28N2O5S. The van der Waals surface area contributed by atoms with Crippen molar-refractivity contribution in [1.82, 2.24) is 4.72 Å². The van der Waals surface area contributed by atoms with Gasteiger partial charge in [0.1, 0.15) is 5.75 Å². The number of anilines is 1. The first-order valence-electron chi connectivity index (χ1n) is 9.28. The number of carbonyl (C=O) groups is 1. The van der Waals surface area contributed by atoms with E-state index in [-0.39, 0.29) is 29.7 Å². The van der Waals surface area contributed by atoms with Gasteiger partial charge in [0.25, 0.3) is 0 Å². The van der Waals surface area contributed by atoms with Gasteiger partial charge in [0.15, 0.2) is 0 Å². The van der Waals surface area contributed by atoms with Crippen molar-refractivity contribution < 1.29 is 23.1 Å². The molecule has 0 saturated heterocycles. The van der Waals surface area contributed by atoms with Gasteiger partial charge in [0, 0.05) is 24.6 Å². The van der Waals surface area contributed by atoms with Gasteiger partial charge < -0.3 is 15.2 Å². The molecule has 7 nitrogen and oxygen atoms in total. The molecule has 2 rings (SSSR count). The van der Waals surface area contributed by atoms with Gasteiger partial charge in [0.2, 0.25) is 15.9 Å². The molecule has 0 aromatic heterocycles. The van der Waals surface area contributed by atoms with Crippen molar-refractivity contribution in [1.29, 1.82) is 0 Å². The Labute approximate surface area is 172 Å². The molecule has 0 bridgehead atoms. The molecule has 29 heavy (non-hydrogen) atoms. The first-order chi connectivity index (χ1) is 13.5. The van der Waals surface area contributed by atoms with Crippen LogP contribution in [0.4, 0.5) is 5.69 Å². The smallest absolute Gasteiger partial charge is 0.240 e. The molecule has 0 radical (unpaired) electrons. The third kappa shape index (κ3) is 6.85. The van der Waals surface area contributed by atoms with Crippen LogP contribution in [0.15, 0.2) is 53.4 Å². The van der Waals surface area contributed by atoms with E-state index < -0.39 is 15.6 Å². The maximum absolute atomic E-state index is 12.5. The van der Waals surface area contributed by atoms with Gasteiger partial charge in [-0.1, -0.05) is 26.0 Å². The number of amides is 1.